The van der Waals surface area contributed by atoms with Crippen molar-refractivity contribution in [3.63, 3.8) is 0 Å². The first kappa shape index (κ1) is 22.6. The quantitative estimate of drug-likeness (QED) is 0.756. The van der Waals surface area contributed by atoms with Crippen molar-refractivity contribution >= 4 is 11.9 Å². The van der Waals surface area contributed by atoms with Crippen LogP contribution in [-0.4, -0.2) is 36.4 Å². The molecule has 5 heteroatoms. The molecule has 5 nitrogen and oxygen atoms in total. The number of carbonyl (C=O) groups is 2. The summed E-state index contributed by atoms with van der Waals surface area (Å²) in [5, 5.41) is 15.8. The fourth-order valence-electron chi connectivity index (χ4n) is 0.250. The van der Waals surface area contributed by atoms with Crippen LogP contribution in [-0.2, 0) is 14.3 Å². The van der Waals surface area contributed by atoms with Crippen LogP contribution in [0, 0.1) is 0 Å². The number of methoxy groups -OCH3 is 1. The van der Waals surface area contributed by atoms with Crippen molar-refractivity contribution in [3.05, 3.63) is 24.3 Å². The summed E-state index contributed by atoms with van der Waals surface area (Å²) < 4.78 is 4.25. The predicted octanol–water partition coefficient (Wildman–Crippen LogP) is 3.12. The van der Waals surface area contributed by atoms with Crippen molar-refractivity contribution in [2.45, 2.75) is 39.5 Å². The maximum Gasteiger partial charge on any atom is 0.330 e. The summed E-state index contributed by atoms with van der Waals surface area (Å²) in [4.78, 5) is 19.2. The van der Waals surface area contributed by atoms with Gasteiger partial charge in [-0.05, 0) is 13.8 Å². The zero-order valence-electron chi connectivity index (χ0n) is 12.4. The first-order valence-corrected chi connectivity index (χ1v) is 5.88. The molecular weight excluding hydrogens is 248 g/mol. The summed E-state index contributed by atoms with van der Waals surface area (Å²) in [6.45, 7) is 9.20. The summed E-state index contributed by atoms with van der Waals surface area (Å²) in [6, 6.07) is 0. The molecule has 19 heavy (non-hydrogen) atoms. The molecule has 1 fully saturated rings. The Hall–Kier alpha value is -1.62. The van der Waals surface area contributed by atoms with Crippen LogP contribution in [0.15, 0.2) is 24.3 Å². The molecule has 0 saturated heterocycles. The van der Waals surface area contributed by atoms with E-state index in [0.29, 0.717) is 0 Å². The molecule has 0 aromatic heterocycles. The van der Waals surface area contributed by atoms with Gasteiger partial charge in [-0.3, -0.25) is 0 Å². The molecule has 0 heterocycles. The zero-order chi connectivity index (χ0) is 15.8. The third-order valence-electron chi connectivity index (χ3n) is 1.73. The van der Waals surface area contributed by atoms with Crippen molar-refractivity contribution in [3.8, 4) is 0 Å². The van der Waals surface area contributed by atoms with Crippen molar-refractivity contribution < 1.29 is 24.5 Å². The minimum atomic E-state index is -0.935. The predicted molar refractivity (Wildman–Crippen MR) is 76.3 cm³/mol. The summed E-state index contributed by atoms with van der Waals surface area (Å²) in [5.74, 6) is -1.87. The number of aliphatic carboxylic acids is 2. The first-order chi connectivity index (χ1) is 8.70. The third kappa shape index (κ3) is 31.4. The standard InChI is InChI=1S/2C4H6O2.C4H8.C2H6O/c2*1-3(2)4(5)6;1-2-4-3-1;1-3-2/h2*1H2,2H3,(H,5,6);1-4H2;1-2H3. The van der Waals surface area contributed by atoms with Crippen LogP contribution in [0.1, 0.15) is 39.5 Å². The lowest BCUT2D eigenvalue weighted by Gasteiger charge is -2.05. The number of hydrogen-bond donors (Lipinski definition) is 2. The van der Waals surface area contributed by atoms with E-state index in [2.05, 4.69) is 17.9 Å². The average molecular weight is 274 g/mol. The van der Waals surface area contributed by atoms with E-state index < -0.39 is 11.9 Å². The smallest absolute Gasteiger partial charge is 0.330 e. The number of carboxylic acid groups (broad SMARTS) is 2. The number of ether oxygens (including phenoxy) is 1. The fourth-order valence-corrected chi connectivity index (χ4v) is 0.250. The largest absolute Gasteiger partial charge is 0.478 e. The van der Waals surface area contributed by atoms with Gasteiger partial charge in [0.25, 0.3) is 0 Å². The van der Waals surface area contributed by atoms with Gasteiger partial charge in [0.15, 0.2) is 0 Å². The molecule has 1 saturated carbocycles. The first-order valence-electron chi connectivity index (χ1n) is 5.88. The Kier molecular flexibility index (Phi) is 19.4. The highest BCUT2D eigenvalue weighted by Gasteiger charge is 1.95. The minimum absolute atomic E-state index is 0.176. The van der Waals surface area contributed by atoms with Crippen LogP contribution < -0.4 is 0 Å². The van der Waals surface area contributed by atoms with Gasteiger partial charge in [-0.25, -0.2) is 9.59 Å². The molecule has 0 aliphatic heterocycles. The summed E-state index contributed by atoms with van der Waals surface area (Å²) in [5.41, 5.74) is 0.352. The Bertz CT molecular complexity index is 226. The van der Waals surface area contributed by atoms with Crippen LogP contribution in [0.3, 0.4) is 0 Å². The molecule has 1 aliphatic rings. The number of carboxylic acids is 2. The topological polar surface area (TPSA) is 83.8 Å². The molecule has 0 spiro atoms. The maximum atomic E-state index is 9.60. The van der Waals surface area contributed by atoms with Gasteiger partial charge in [-0.15, -0.1) is 0 Å². The lowest BCUT2D eigenvalue weighted by molar-refractivity contribution is -0.133. The number of rotatable bonds is 2. The van der Waals surface area contributed by atoms with Crippen LogP contribution >= 0.6 is 0 Å². The summed E-state index contributed by atoms with van der Waals surface area (Å²) >= 11 is 0. The molecule has 0 bridgehead atoms. The van der Waals surface area contributed by atoms with E-state index in [1.165, 1.54) is 39.5 Å². The molecule has 0 unspecified atom stereocenters. The normalized spacial score (nSPS) is 10.7. The van der Waals surface area contributed by atoms with Crippen molar-refractivity contribution in [2.75, 3.05) is 14.2 Å². The van der Waals surface area contributed by atoms with Gasteiger partial charge in [0.2, 0.25) is 0 Å². The maximum absolute atomic E-state index is 9.60. The van der Waals surface area contributed by atoms with Crippen molar-refractivity contribution in [1.82, 2.24) is 0 Å². The van der Waals surface area contributed by atoms with Crippen LogP contribution in [0.4, 0.5) is 0 Å². The minimum Gasteiger partial charge on any atom is -0.478 e. The van der Waals surface area contributed by atoms with E-state index in [1.807, 2.05) is 0 Å². The Labute approximate surface area is 115 Å². The second-order valence-corrected chi connectivity index (χ2v) is 3.99. The summed E-state index contributed by atoms with van der Waals surface area (Å²) in [7, 11) is 3.25. The molecule has 2 N–H and O–H groups in total. The molecule has 0 aromatic carbocycles. The second kappa shape index (κ2) is 16.4. The molecule has 112 valence electrons. The fraction of sp³-hybridized carbons (Fsp3) is 0.571. The lowest BCUT2D eigenvalue weighted by Crippen LogP contribution is -1.92. The Balaban J connectivity index is -0.000000186. The van der Waals surface area contributed by atoms with Crippen LogP contribution in [0.5, 0.6) is 0 Å². The van der Waals surface area contributed by atoms with Gasteiger partial charge in [0, 0.05) is 25.4 Å². The van der Waals surface area contributed by atoms with Gasteiger partial charge in [-0.1, -0.05) is 38.8 Å². The zero-order valence-corrected chi connectivity index (χ0v) is 12.4. The molecule has 0 radical (unpaired) electrons. The van der Waals surface area contributed by atoms with E-state index in [0.717, 1.165) is 0 Å². The average Bonchev–Trinajstić information content (AvgIpc) is 2.16. The lowest BCUT2D eigenvalue weighted by atomic mass is 10.0. The molecule has 0 aromatic rings. The van der Waals surface area contributed by atoms with E-state index in [9.17, 15) is 9.59 Å². The van der Waals surface area contributed by atoms with Gasteiger partial charge < -0.3 is 14.9 Å². The Morgan fingerprint density at radius 2 is 0.947 bits per heavy atom. The van der Waals surface area contributed by atoms with Gasteiger partial charge in [0.1, 0.15) is 0 Å². The molecular formula is C14H26O5. The van der Waals surface area contributed by atoms with Gasteiger partial charge >= 0.3 is 11.9 Å². The molecule has 1 aliphatic carbocycles. The SMILES string of the molecule is C1CCC1.C=C(C)C(=O)O.C=C(C)C(=O)O.COC. The monoisotopic (exact) mass is 274 g/mol. The van der Waals surface area contributed by atoms with E-state index in [4.69, 9.17) is 10.2 Å². The highest BCUT2D eigenvalue weighted by molar-refractivity contribution is 5.85. The van der Waals surface area contributed by atoms with E-state index >= 15 is 0 Å². The Morgan fingerprint density at radius 1 is 0.842 bits per heavy atom. The highest BCUT2D eigenvalue weighted by Crippen LogP contribution is 2.15. The van der Waals surface area contributed by atoms with Crippen LogP contribution in [0.2, 0.25) is 0 Å². The van der Waals surface area contributed by atoms with Gasteiger partial charge in [0.05, 0.1) is 0 Å². The Morgan fingerprint density at radius 3 is 0.947 bits per heavy atom. The molecule has 0 atom stereocenters. The van der Waals surface area contributed by atoms with E-state index in [1.54, 1.807) is 14.2 Å². The second-order valence-electron chi connectivity index (χ2n) is 3.99. The summed E-state index contributed by atoms with van der Waals surface area (Å²) in [6.07, 6.45) is 6.00. The number of hydrogen-bond acceptors (Lipinski definition) is 3. The molecule has 1 rings (SSSR count). The van der Waals surface area contributed by atoms with Crippen molar-refractivity contribution in [1.29, 1.82) is 0 Å². The third-order valence-corrected chi connectivity index (χ3v) is 1.73. The van der Waals surface area contributed by atoms with E-state index in [-0.39, 0.29) is 11.1 Å². The van der Waals surface area contributed by atoms with Crippen LogP contribution in [0.25, 0.3) is 0 Å². The molecule has 0 amide bonds. The van der Waals surface area contributed by atoms with Gasteiger partial charge in [-0.2, -0.15) is 0 Å². The van der Waals surface area contributed by atoms with Crippen molar-refractivity contribution in [2.24, 2.45) is 0 Å². The highest BCUT2D eigenvalue weighted by atomic mass is 16.4.